The van der Waals surface area contributed by atoms with Crippen LogP contribution in [0.5, 0.6) is 0 Å². The molecule has 0 fully saturated rings. The van der Waals surface area contributed by atoms with E-state index in [0.29, 0.717) is 11.4 Å². The molecule has 0 aliphatic carbocycles. The lowest BCUT2D eigenvalue weighted by Gasteiger charge is -2.17. The van der Waals surface area contributed by atoms with E-state index in [1.807, 2.05) is 19.2 Å². The van der Waals surface area contributed by atoms with E-state index in [4.69, 9.17) is 0 Å². The molecule has 1 aromatic carbocycles. The summed E-state index contributed by atoms with van der Waals surface area (Å²) in [5.74, 6) is 0. The number of aryl methyl sites for hydroxylation is 1. The molecule has 5 heteroatoms. The fraction of sp³-hybridized carbons (Fsp3) is 0.600. The summed E-state index contributed by atoms with van der Waals surface area (Å²) in [4.78, 5) is 0.383. The smallest absolute Gasteiger partial charge is 0.242 e. The van der Waals surface area contributed by atoms with Gasteiger partial charge in [0, 0.05) is 13.6 Å². The van der Waals surface area contributed by atoms with Gasteiger partial charge in [0.2, 0.25) is 10.0 Å². The minimum absolute atomic E-state index is 0.383. The molecule has 0 heterocycles. The number of hydrogen-bond donors (Lipinski definition) is 1. The zero-order valence-electron chi connectivity index (χ0n) is 12.7. The minimum atomic E-state index is -3.33. The van der Waals surface area contributed by atoms with E-state index in [1.165, 1.54) is 9.87 Å². The summed E-state index contributed by atoms with van der Waals surface area (Å²) in [5, 5.41) is 3.11. The summed E-state index contributed by atoms with van der Waals surface area (Å²) in [7, 11) is 0.245. The van der Waals surface area contributed by atoms with Crippen molar-refractivity contribution in [3.8, 4) is 0 Å². The van der Waals surface area contributed by atoms with Gasteiger partial charge < -0.3 is 5.32 Å². The maximum absolute atomic E-state index is 12.3. The normalized spacial score (nSPS) is 12.0. The second-order valence-corrected chi connectivity index (χ2v) is 7.08. The van der Waals surface area contributed by atoms with Gasteiger partial charge in [-0.25, -0.2) is 12.7 Å². The average Bonchev–Trinajstić information content (AvgIpc) is 2.45. The largest absolute Gasteiger partial charge is 0.320 e. The third-order valence-corrected chi connectivity index (χ3v) is 5.22. The summed E-state index contributed by atoms with van der Waals surface area (Å²) in [5.41, 5.74) is 1.18. The molecule has 20 heavy (non-hydrogen) atoms. The molecular formula is C15H26N2O2S. The lowest BCUT2D eigenvalue weighted by atomic mass is 10.1. The highest BCUT2D eigenvalue weighted by atomic mass is 32.2. The molecule has 0 radical (unpaired) electrons. The van der Waals surface area contributed by atoms with E-state index in [2.05, 4.69) is 12.2 Å². The van der Waals surface area contributed by atoms with Crippen molar-refractivity contribution in [3.63, 3.8) is 0 Å². The van der Waals surface area contributed by atoms with Crippen LogP contribution in [0.1, 0.15) is 31.7 Å². The van der Waals surface area contributed by atoms with Gasteiger partial charge in [-0.05, 0) is 50.6 Å². The molecule has 0 spiro atoms. The van der Waals surface area contributed by atoms with Crippen molar-refractivity contribution in [1.82, 2.24) is 9.62 Å². The molecule has 0 aromatic heterocycles. The van der Waals surface area contributed by atoms with E-state index in [-0.39, 0.29) is 0 Å². The van der Waals surface area contributed by atoms with E-state index in [0.717, 1.165) is 32.2 Å². The number of rotatable bonds is 9. The number of nitrogens with one attached hydrogen (secondary N) is 1. The Morgan fingerprint density at radius 3 is 2.35 bits per heavy atom. The Morgan fingerprint density at radius 1 is 1.15 bits per heavy atom. The maximum Gasteiger partial charge on any atom is 0.242 e. The zero-order chi connectivity index (χ0) is 15.0. The number of sulfonamides is 1. The Hall–Kier alpha value is -0.910. The van der Waals surface area contributed by atoms with Crippen molar-refractivity contribution in [2.75, 3.05) is 27.2 Å². The van der Waals surface area contributed by atoms with Crippen molar-refractivity contribution < 1.29 is 8.42 Å². The highest BCUT2D eigenvalue weighted by Crippen LogP contribution is 2.16. The SMILES string of the molecule is CCCCN(C)S(=O)(=O)c1ccc(CCCNC)cc1. The number of benzene rings is 1. The molecule has 114 valence electrons. The molecule has 0 unspecified atom stereocenters. The molecule has 0 amide bonds. The molecular weight excluding hydrogens is 272 g/mol. The van der Waals surface area contributed by atoms with Crippen LogP contribution < -0.4 is 5.32 Å². The summed E-state index contributed by atoms with van der Waals surface area (Å²) in [6.45, 7) is 3.60. The Kier molecular flexibility index (Phi) is 7.19. The van der Waals surface area contributed by atoms with Crippen LogP contribution in [0, 0.1) is 0 Å². The van der Waals surface area contributed by atoms with Crippen LogP contribution in [0.4, 0.5) is 0 Å². The minimum Gasteiger partial charge on any atom is -0.320 e. The Bertz CT molecular complexity index is 483. The predicted molar refractivity (Wildman–Crippen MR) is 83.4 cm³/mol. The molecule has 1 rings (SSSR count). The predicted octanol–water partition coefficient (Wildman–Crippen LogP) is 2.26. The van der Waals surface area contributed by atoms with Crippen LogP contribution in [0.25, 0.3) is 0 Å². The number of hydrogen-bond acceptors (Lipinski definition) is 3. The monoisotopic (exact) mass is 298 g/mol. The van der Waals surface area contributed by atoms with Crippen LogP contribution in [-0.2, 0) is 16.4 Å². The topological polar surface area (TPSA) is 49.4 Å². The highest BCUT2D eigenvalue weighted by molar-refractivity contribution is 7.89. The van der Waals surface area contributed by atoms with E-state index in [9.17, 15) is 8.42 Å². The van der Waals surface area contributed by atoms with Crippen LogP contribution >= 0.6 is 0 Å². The molecule has 0 aliphatic heterocycles. The van der Waals surface area contributed by atoms with Gasteiger partial charge in [-0.3, -0.25) is 0 Å². The van der Waals surface area contributed by atoms with Gasteiger partial charge in [0.25, 0.3) is 0 Å². The summed E-state index contributed by atoms with van der Waals surface area (Å²) in [6, 6.07) is 7.26. The third kappa shape index (κ3) is 4.89. The van der Waals surface area contributed by atoms with Gasteiger partial charge in [-0.2, -0.15) is 0 Å². The standard InChI is InChI=1S/C15H26N2O2S/c1-4-5-13-17(3)20(18,19)15-10-8-14(9-11-15)7-6-12-16-2/h8-11,16H,4-7,12-13H2,1-3H3. The first-order valence-corrected chi connectivity index (χ1v) is 8.66. The van der Waals surface area contributed by atoms with Gasteiger partial charge >= 0.3 is 0 Å². The quantitative estimate of drug-likeness (QED) is 0.711. The van der Waals surface area contributed by atoms with Crippen molar-refractivity contribution >= 4 is 10.0 Å². The van der Waals surface area contributed by atoms with Crippen molar-refractivity contribution in [1.29, 1.82) is 0 Å². The molecule has 0 atom stereocenters. The Balaban J connectivity index is 2.71. The van der Waals surface area contributed by atoms with E-state index < -0.39 is 10.0 Å². The zero-order valence-corrected chi connectivity index (χ0v) is 13.5. The molecule has 1 aromatic rings. The molecule has 0 bridgehead atoms. The maximum atomic E-state index is 12.3. The molecule has 1 N–H and O–H groups in total. The van der Waals surface area contributed by atoms with Gasteiger partial charge in [-0.15, -0.1) is 0 Å². The Morgan fingerprint density at radius 2 is 1.80 bits per heavy atom. The second-order valence-electron chi connectivity index (χ2n) is 5.03. The summed E-state index contributed by atoms with van der Waals surface area (Å²) in [6.07, 6.45) is 3.90. The van der Waals surface area contributed by atoms with Crippen LogP contribution in [-0.4, -0.2) is 39.9 Å². The first kappa shape index (κ1) is 17.1. The van der Waals surface area contributed by atoms with Gasteiger partial charge in [0.15, 0.2) is 0 Å². The lowest BCUT2D eigenvalue weighted by Crippen LogP contribution is -2.27. The molecule has 0 aliphatic rings. The van der Waals surface area contributed by atoms with Crippen molar-refractivity contribution in [3.05, 3.63) is 29.8 Å². The number of unbranched alkanes of at least 4 members (excludes halogenated alkanes) is 1. The summed E-state index contributed by atoms with van der Waals surface area (Å²) >= 11 is 0. The second kappa shape index (κ2) is 8.39. The van der Waals surface area contributed by atoms with Crippen molar-refractivity contribution in [2.45, 2.75) is 37.5 Å². The fourth-order valence-electron chi connectivity index (χ4n) is 1.98. The van der Waals surface area contributed by atoms with E-state index in [1.54, 1.807) is 19.2 Å². The van der Waals surface area contributed by atoms with Crippen LogP contribution in [0.3, 0.4) is 0 Å². The molecule has 0 saturated heterocycles. The van der Waals surface area contributed by atoms with Crippen LogP contribution in [0.15, 0.2) is 29.2 Å². The third-order valence-electron chi connectivity index (χ3n) is 3.35. The van der Waals surface area contributed by atoms with Crippen molar-refractivity contribution in [2.24, 2.45) is 0 Å². The summed E-state index contributed by atoms with van der Waals surface area (Å²) < 4.78 is 26.1. The first-order valence-electron chi connectivity index (χ1n) is 7.22. The average molecular weight is 298 g/mol. The lowest BCUT2D eigenvalue weighted by molar-refractivity contribution is 0.459. The van der Waals surface area contributed by atoms with E-state index >= 15 is 0 Å². The Labute approximate surface area is 123 Å². The number of nitrogens with zero attached hydrogens (tertiary/aromatic N) is 1. The van der Waals surface area contributed by atoms with Gasteiger partial charge in [0.1, 0.15) is 0 Å². The van der Waals surface area contributed by atoms with Gasteiger partial charge in [0.05, 0.1) is 4.90 Å². The highest BCUT2D eigenvalue weighted by Gasteiger charge is 2.19. The molecule has 4 nitrogen and oxygen atoms in total. The fourth-order valence-corrected chi connectivity index (χ4v) is 3.19. The van der Waals surface area contributed by atoms with Crippen LogP contribution in [0.2, 0.25) is 0 Å². The first-order chi connectivity index (χ1) is 9.52. The van der Waals surface area contributed by atoms with Gasteiger partial charge in [-0.1, -0.05) is 25.5 Å². The molecule has 0 saturated carbocycles.